The Labute approximate surface area is 83.6 Å². The molecule has 2 aromatic rings. The Bertz CT molecular complexity index is 424. The second-order valence-electron chi connectivity index (χ2n) is 2.64. The summed E-state index contributed by atoms with van der Waals surface area (Å²) in [6, 6.07) is 1.93. The van der Waals surface area contributed by atoms with Crippen LogP contribution in [-0.2, 0) is 0 Å². The summed E-state index contributed by atoms with van der Waals surface area (Å²) in [7, 11) is 0. The molecule has 66 valence electrons. The number of hydrogen-bond donors (Lipinski definition) is 1. The summed E-state index contributed by atoms with van der Waals surface area (Å²) in [5.74, 6) is 1.47. The number of nitrogens with zero attached hydrogens (tertiary/aromatic N) is 3. The molecule has 2 heterocycles. The molecule has 0 aliphatic heterocycles. The summed E-state index contributed by atoms with van der Waals surface area (Å²) in [4.78, 5) is 8.22. The highest BCUT2D eigenvalue weighted by Crippen LogP contribution is 2.17. The molecule has 0 aliphatic rings. The number of halogens is 1. The molecule has 0 spiro atoms. The smallest absolute Gasteiger partial charge is 0.182 e. The van der Waals surface area contributed by atoms with Crippen LogP contribution in [0.1, 0.15) is 5.82 Å². The van der Waals surface area contributed by atoms with Gasteiger partial charge in [-0.05, 0) is 28.9 Å². The second-order valence-corrected chi connectivity index (χ2v) is 3.55. The van der Waals surface area contributed by atoms with Crippen molar-refractivity contribution in [3.63, 3.8) is 0 Å². The van der Waals surface area contributed by atoms with Crippen molar-refractivity contribution in [3.8, 4) is 11.4 Å². The lowest BCUT2D eigenvalue weighted by atomic mass is 10.3. The molecule has 0 aliphatic carbocycles. The lowest BCUT2D eigenvalue weighted by Crippen LogP contribution is -1.82. The predicted molar refractivity (Wildman–Crippen MR) is 52.1 cm³/mol. The number of H-pyrrole nitrogens is 1. The van der Waals surface area contributed by atoms with Gasteiger partial charge in [0.2, 0.25) is 0 Å². The molecule has 4 nitrogen and oxygen atoms in total. The third kappa shape index (κ3) is 1.75. The molecule has 0 radical (unpaired) electrons. The zero-order chi connectivity index (χ0) is 9.26. The largest absolute Gasteiger partial charge is 0.263 e. The second kappa shape index (κ2) is 3.26. The minimum atomic E-state index is 0.673. The molecule has 0 atom stereocenters. The Hall–Kier alpha value is -1.23. The number of hydrogen-bond acceptors (Lipinski definition) is 3. The van der Waals surface area contributed by atoms with Gasteiger partial charge in [-0.25, -0.2) is 4.98 Å². The fraction of sp³-hybridized carbons (Fsp3) is 0.125. The third-order valence-corrected chi connectivity index (χ3v) is 1.99. The number of aromatic amines is 1. The van der Waals surface area contributed by atoms with Crippen LogP contribution in [0.5, 0.6) is 0 Å². The third-order valence-electron chi connectivity index (χ3n) is 1.56. The zero-order valence-corrected chi connectivity index (χ0v) is 8.54. The van der Waals surface area contributed by atoms with E-state index in [1.165, 1.54) is 0 Å². The van der Waals surface area contributed by atoms with Gasteiger partial charge in [-0.1, -0.05) is 0 Å². The number of aromatic nitrogens is 4. The maximum absolute atomic E-state index is 4.19. The number of nitrogens with one attached hydrogen (secondary N) is 1. The lowest BCUT2D eigenvalue weighted by molar-refractivity contribution is 1.04. The summed E-state index contributed by atoms with van der Waals surface area (Å²) in [5, 5.41) is 6.81. The van der Waals surface area contributed by atoms with Gasteiger partial charge in [0, 0.05) is 22.4 Å². The minimum absolute atomic E-state index is 0.673. The molecule has 2 aromatic heterocycles. The van der Waals surface area contributed by atoms with E-state index in [1.54, 1.807) is 12.4 Å². The average molecular weight is 239 g/mol. The average Bonchev–Trinajstić information content (AvgIpc) is 2.52. The van der Waals surface area contributed by atoms with E-state index in [4.69, 9.17) is 0 Å². The molecule has 13 heavy (non-hydrogen) atoms. The molecule has 0 aromatic carbocycles. The molecule has 0 bridgehead atoms. The highest BCUT2D eigenvalue weighted by molar-refractivity contribution is 9.10. The maximum atomic E-state index is 4.19. The first-order valence-corrected chi connectivity index (χ1v) is 4.55. The number of aryl methyl sites for hydroxylation is 1. The van der Waals surface area contributed by atoms with E-state index in [2.05, 4.69) is 36.1 Å². The van der Waals surface area contributed by atoms with Crippen LogP contribution in [0.15, 0.2) is 22.9 Å². The van der Waals surface area contributed by atoms with Crippen LogP contribution in [0, 0.1) is 6.92 Å². The topological polar surface area (TPSA) is 54.5 Å². The molecule has 0 saturated carbocycles. The zero-order valence-electron chi connectivity index (χ0n) is 6.95. The van der Waals surface area contributed by atoms with Crippen LogP contribution in [0.2, 0.25) is 0 Å². The molecule has 0 saturated heterocycles. The van der Waals surface area contributed by atoms with Gasteiger partial charge in [0.25, 0.3) is 0 Å². The first-order chi connectivity index (χ1) is 6.25. The first-order valence-electron chi connectivity index (χ1n) is 3.75. The highest BCUT2D eigenvalue weighted by atomic mass is 79.9. The van der Waals surface area contributed by atoms with Crippen molar-refractivity contribution in [1.29, 1.82) is 0 Å². The van der Waals surface area contributed by atoms with Crippen LogP contribution in [0.4, 0.5) is 0 Å². The summed E-state index contributed by atoms with van der Waals surface area (Å²) in [6.07, 6.45) is 3.45. The highest BCUT2D eigenvalue weighted by Gasteiger charge is 2.03. The van der Waals surface area contributed by atoms with Gasteiger partial charge in [0.05, 0.1) is 0 Å². The SMILES string of the molecule is Cc1nc(-c2cncc(Br)c2)n[nH]1. The molecule has 5 heteroatoms. The number of pyridine rings is 1. The van der Waals surface area contributed by atoms with Crippen LogP contribution in [0.3, 0.4) is 0 Å². The van der Waals surface area contributed by atoms with Crippen LogP contribution >= 0.6 is 15.9 Å². The monoisotopic (exact) mass is 238 g/mol. The van der Waals surface area contributed by atoms with E-state index in [0.717, 1.165) is 15.9 Å². The van der Waals surface area contributed by atoms with Crippen LogP contribution in [0.25, 0.3) is 11.4 Å². The summed E-state index contributed by atoms with van der Waals surface area (Å²) in [5.41, 5.74) is 0.902. The molecular formula is C8H7BrN4. The van der Waals surface area contributed by atoms with Crippen LogP contribution in [-0.4, -0.2) is 20.2 Å². The van der Waals surface area contributed by atoms with Crippen molar-refractivity contribution in [2.45, 2.75) is 6.92 Å². The van der Waals surface area contributed by atoms with Gasteiger partial charge >= 0.3 is 0 Å². The Balaban J connectivity index is 2.46. The van der Waals surface area contributed by atoms with Crippen LogP contribution < -0.4 is 0 Å². The molecule has 2 rings (SSSR count). The fourth-order valence-electron chi connectivity index (χ4n) is 1.01. The lowest BCUT2D eigenvalue weighted by Gasteiger charge is -1.93. The summed E-state index contributed by atoms with van der Waals surface area (Å²) >= 11 is 3.34. The van der Waals surface area contributed by atoms with Crippen molar-refractivity contribution in [1.82, 2.24) is 20.2 Å². The standard InChI is InChI=1S/C8H7BrN4/c1-5-11-8(13-12-5)6-2-7(9)4-10-3-6/h2-4H,1H3,(H,11,12,13). The number of rotatable bonds is 1. The van der Waals surface area contributed by atoms with Crippen molar-refractivity contribution in [2.24, 2.45) is 0 Å². The van der Waals surface area contributed by atoms with Gasteiger partial charge in [0.15, 0.2) is 5.82 Å². The van der Waals surface area contributed by atoms with Crippen molar-refractivity contribution in [3.05, 3.63) is 28.8 Å². The van der Waals surface area contributed by atoms with Gasteiger partial charge in [-0.3, -0.25) is 10.1 Å². The van der Waals surface area contributed by atoms with E-state index in [-0.39, 0.29) is 0 Å². The van der Waals surface area contributed by atoms with E-state index < -0.39 is 0 Å². The molecule has 1 N–H and O–H groups in total. The predicted octanol–water partition coefficient (Wildman–Crippen LogP) is 1.94. The Morgan fingerprint density at radius 1 is 1.38 bits per heavy atom. The fourth-order valence-corrected chi connectivity index (χ4v) is 1.37. The van der Waals surface area contributed by atoms with Crippen molar-refractivity contribution >= 4 is 15.9 Å². The molecule has 0 fully saturated rings. The van der Waals surface area contributed by atoms with E-state index in [0.29, 0.717) is 5.82 Å². The van der Waals surface area contributed by atoms with Crippen molar-refractivity contribution in [2.75, 3.05) is 0 Å². The Morgan fingerprint density at radius 2 is 2.23 bits per heavy atom. The Kier molecular flexibility index (Phi) is 2.10. The first kappa shape index (κ1) is 8.37. The van der Waals surface area contributed by atoms with E-state index >= 15 is 0 Å². The van der Waals surface area contributed by atoms with Gasteiger partial charge in [0.1, 0.15) is 5.82 Å². The van der Waals surface area contributed by atoms with Gasteiger partial charge < -0.3 is 0 Å². The van der Waals surface area contributed by atoms with Gasteiger partial charge in [-0.15, -0.1) is 0 Å². The summed E-state index contributed by atoms with van der Waals surface area (Å²) < 4.78 is 0.924. The van der Waals surface area contributed by atoms with Crippen molar-refractivity contribution < 1.29 is 0 Å². The molecule has 0 amide bonds. The summed E-state index contributed by atoms with van der Waals surface area (Å²) in [6.45, 7) is 1.86. The Morgan fingerprint density at radius 3 is 2.85 bits per heavy atom. The molecule has 0 unspecified atom stereocenters. The molecular weight excluding hydrogens is 232 g/mol. The van der Waals surface area contributed by atoms with Gasteiger partial charge in [-0.2, -0.15) is 5.10 Å². The minimum Gasteiger partial charge on any atom is -0.263 e. The maximum Gasteiger partial charge on any atom is 0.182 e. The normalized spacial score (nSPS) is 10.3. The van der Waals surface area contributed by atoms with E-state index in [1.807, 2.05) is 13.0 Å². The van der Waals surface area contributed by atoms with E-state index in [9.17, 15) is 0 Å². The quantitative estimate of drug-likeness (QED) is 0.827.